The minimum absolute atomic E-state index is 0.00155. The van der Waals surface area contributed by atoms with Gasteiger partial charge in [0.2, 0.25) is 11.8 Å². The molecule has 0 spiro atoms. The van der Waals surface area contributed by atoms with Crippen LogP contribution in [-0.4, -0.2) is 204 Å². The monoisotopic (exact) mass is 1040 g/mol. The Balaban J connectivity index is 1.62. The van der Waals surface area contributed by atoms with Crippen LogP contribution < -0.4 is 16.0 Å². The highest BCUT2D eigenvalue weighted by Crippen LogP contribution is 2.14. The van der Waals surface area contributed by atoms with E-state index in [0.29, 0.717) is 89.4 Å². The Labute approximate surface area is 435 Å². The Bertz CT molecular complexity index is 2100. The Hall–Kier alpha value is -5.35. The number of amides is 5. The van der Waals surface area contributed by atoms with E-state index in [1.165, 1.54) is 37.8 Å². The Kier molecular flexibility index (Phi) is 26.1. The van der Waals surface area contributed by atoms with Crippen LogP contribution in [0, 0.1) is 0 Å². The summed E-state index contributed by atoms with van der Waals surface area (Å²) in [7, 11) is 0. The fraction of sp³-hybridized carbons (Fsp3) is 0.654. The van der Waals surface area contributed by atoms with E-state index >= 15 is 0 Å². The van der Waals surface area contributed by atoms with Gasteiger partial charge in [-0.1, -0.05) is 12.1 Å². The molecule has 0 aliphatic carbocycles. The minimum Gasteiger partial charge on any atom is -0.459 e. The van der Waals surface area contributed by atoms with Gasteiger partial charge in [0.25, 0.3) is 17.7 Å². The average molecular weight is 1040 g/mol. The number of ether oxygens (including phenoxy) is 2. The zero-order chi connectivity index (χ0) is 54.3. The highest BCUT2D eigenvalue weighted by atomic mass is 32.2. The molecule has 3 rings (SSSR count). The first-order valence-electron chi connectivity index (χ1n) is 25.1. The van der Waals surface area contributed by atoms with Crippen LogP contribution in [0.25, 0.3) is 0 Å². The van der Waals surface area contributed by atoms with E-state index in [0.717, 1.165) is 4.90 Å². The maximum Gasteiger partial charge on any atom is 0.320 e. The van der Waals surface area contributed by atoms with Gasteiger partial charge in [0.15, 0.2) is 11.6 Å². The van der Waals surface area contributed by atoms with Gasteiger partial charge in [0, 0.05) is 96.0 Å². The predicted molar refractivity (Wildman–Crippen MR) is 277 cm³/mol. The summed E-state index contributed by atoms with van der Waals surface area (Å²) < 4.78 is 11.2. The van der Waals surface area contributed by atoms with Crippen molar-refractivity contribution in [2.45, 2.75) is 124 Å². The van der Waals surface area contributed by atoms with Gasteiger partial charge in [-0.2, -0.15) is 11.8 Å². The zero-order valence-electron chi connectivity index (χ0n) is 44.5. The number of nitrogens with one attached hydrogen (secondary N) is 3. The third kappa shape index (κ3) is 25.4. The number of carbonyl (C=O) groups excluding carboxylic acids is 10. The van der Waals surface area contributed by atoms with Gasteiger partial charge in [0.05, 0.1) is 38.3 Å². The first-order chi connectivity index (χ1) is 34.3. The number of benzene rings is 1. The lowest BCUT2D eigenvalue weighted by atomic mass is 10.0. The number of ketones is 3. The van der Waals surface area contributed by atoms with E-state index in [-0.39, 0.29) is 98.7 Å². The van der Waals surface area contributed by atoms with Gasteiger partial charge in [-0.25, -0.2) is 0 Å². The molecule has 20 nitrogen and oxygen atoms in total. The molecule has 0 saturated carbocycles. The molecule has 3 N–H and O–H groups in total. The fourth-order valence-electron chi connectivity index (χ4n) is 8.04. The van der Waals surface area contributed by atoms with Crippen LogP contribution in [0.5, 0.6) is 0 Å². The molecule has 1 aromatic rings. The molecule has 5 amide bonds. The summed E-state index contributed by atoms with van der Waals surface area (Å²) in [6.45, 7) is 17.7. The number of esters is 2. The van der Waals surface area contributed by atoms with Crippen LogP contribution in [0.4, 0.5) is 0 Å². The van der Waals surface area contributed by atoms with Gasteiger partial charge in [-0.15, -0.1) is 0 Å². The van der Waals surface area contributed by atoms with Crippen molar-refractivity contribution in [3.63, 3.8) is 0 Å². The first kappa shape index (κ1) is 61.9. The smallest absolute Gasteiger partial charge is 0.320 e. The third-order valence-corrected chi connectivity index (χ3v) is 12.4. The van der Waals surface area contributed by atoms with Crippen LogP contribution in [-0.2, 0) is 59.2 Å². The molecule has 2 aliphatic rings. The lowest BCUT2D eigenvalue weighted by Crippen LogP contribution is -2.50. The fourth-order valence-corrected chi connectivity index (χ4v) is 8.51. The van der Waals surface area contributed by atoms with Crippen LogP contribution in [0.3, 0.4) is 0 Å². The van der Waals surface area contributed by atoms with Crippen molar-refractivity contribution in [2.24, 2.45) is 0 Å². The van der Waals surface area contributed by atoms with Crippen LogP contribution in [0.15, 0.2) is 36.4 Å². The van der Waals surface area contributed by atoms with E-state index in [1.807, 2.05) is 46.6 Å². The molecule has 0 unspecified atom stereocenters. The van der Waals surface area contributed by atoms with E-state index in [2.05, 4.69) is 16.0 Å². The standard InChI is InChI=1S/C52H80N8O12S/c1-37(61)33-56-22-24-57(25-27-59(36-49(69)72-52(6,7)8)29-28-58(26-23-56)35-48(68)71-51(3,4)5)34-45(65)53-32-39-13-12-14-40(31-39)50(70)55-42(20-30-73-9)43(63)16-17-44(64)54-41(38(2)62)15-10-11-21-60-46(66)18-19-47(60)67/h12-14,18-19,31,41-42H,10-11,15-17,20-30,32-36H2,1-9H3,(H,53,65)(H,54,64)(H,55,70)/t41-,42-/m0/s1. The number of thioether (sulfide) groups is 1. The van der Waals surface area contributed by atoms with E-state index in [4.69, 9.17) is 9.47 Å². The van der Waals surface area contributed by atoms with Crippen LogP contribution >= 0.6 is 11.8 Å². The molecule has 1 fully saturated rings. The van der Waals surface area contributed by atoms with Crippen molar-refractivity contribution in [2.75, 3.05) is 97.1 Å². The largest absolute Gasteiger partial charge is 0.459 e. The minimum atomic E-state index is -0.882. The molecule has 73 heavy (non-hydrogen) atoms. The van der Waals surface area contributed by atoms with Crippen molar-refractivity contribution in [3.05, 3.63) is 47.5 Å². The second kappa shape index (κ2) is 30.8. The molecule has 406 valence electrons. The molecule has 2 heterocycles. The number of imide groups is 1. The number of carbonyl (C=O) groups is 10. The summed E-state index contributed by atoms with van der Waals surface area (Å²) >= 11 is 1.50. The topological polar surface area (TPSA) is 241 Å². The van der Waals surface area contributed by atoms with Gasteiger partial charge >= 0.3 is 11.9 Å². The number of hydrogen-bond acceptors (Lipinski definition) is 17. The number of Topliss-reactive ketones (excluding diaryl/α,β-unsaturated/α-hetero) is 3. The van der Waals surface area contributed by atoms with Crippen molar-refractivity contribution in [1.29, 1.82) is 0 Å². The van der Waals surface area contributed by atoms with E-state index in [1.54, 1.807) is 45.0 Å². The van der Waals surface area contributed by atoms with Gasteiger partial charge in [0.1, 0.15) is 17.0 Å². The Morgan fingerprint density at radius 2 is 1.16 bits per heavy atom. The highest BCUT2D eigenvalue weighted by Gasteiger charge is 2.27. The normalized spacial score (nSPS) is 16.7. The van der Waals surface area contributed by atoms with Crippen LogP contribution in [0.1, 0.15) is 110 Å². The van der Waals surface area contributed by atoms with Crippen molar-refractivity contribution >= 4 is 70.6 Å². The third-order valence-electron chi connectivity index (χ3n) is 11.7. The van der Waals surface area contributed by atoms with Gasteiger partial charge in [-0.3, -0.25) is 72.4 Å². The summed E-state index contributed by atoms with van der Waals surface area (Å²) in [5.41, 5.74) is -0.438. The maximum atomic E-state index is 13.6. The highest BCUT2D eigenvalue weighted by molar-refractivity contribution is 7.98. The molecule has 2 aliphatic heterocycles. The van der Waals surface area contributed by atoms with Crippen LogP contribution in [0.2, 0.25) is 0 Å². The second-order valence-corrected chi connectivity index (χ2v) is 21.6. The summed E-state index contributed by atoms with van der Waals surface area (Å²) in [5, 5.41) is 8.48. The van der Waals surface area contributed by atoms with Crippen molar-refractivity contribution in [1.82, 2.24) is 40.4 Å². The predicted octanol–water partition coefficient (Wildman–Crippen LogP) is 2.17. The maximum absolute atomic E-state index is 13.6. The molecule has 21 heteroatoms. The molecule has 1 saturated heterocycles. The summed E-state index contributed by atoms with van der Waals surface area (Å²) in [6, 6.07) is 5.01. The Morgan fingerprint density at radius 3 is 1.66 bits per heavy atom. The number of rotatable bonds is 26. The SMILES string of the molecule is CSCC[C@H](NC(=O)c1cccc(CNC(=O)CN2CCN(CC(C)=O)CCN(CC(=O)OC(C)(C)C)CCN(CC(=O)OC(C)(C)C)CC2)c1)C(=O)CCC(=O)N[C@@H](CCCCN1C(=O)C=CC1=O)C(C)=O. The summed E-state index contributed by atoms with van der Waals surface area (Å²) in [5.74, 6) is -2.87. The van der Waals surface area contributed by atoms with Gasteiger partial charge < -0.3 is 25.4 Å². The molecule has 0 bridgehead atoms. The first-order valence-corrected chi connectivity index (χ1v) is 26.5. The Morgan fingerprint density at radius 1 is 0.644 bits per heavy atom. The van der Waals surface area contributed by atoms with Gasteiger partial charge in [-0.05, 0) is 111 Å². The molecular formula is C52H80N8O12S. The number of unbranched alkanes of at least 4 members (excludes halogenated alkanes) is 1. The quantitative estimate of drug-likeness (QED) is 0.0684. The lowest BCUT2D eigenvalue weighted by Gasteiger charge is -2.34. The average Bonchev–Trinajstić information content (AvgIpc) is 3.61. The zero-order valence-corrected chi connectivity index (χ0v) is 45.3. The number of hydrogen-bond donors (Lipinski definition) is 3. The van der Waals surface area contributed by atoms with E-state index < -0.39 is 41.1 Å². The number of nitrogens with zero attached hydrogens (tertiary/aromatic N) is 5. The second-order valence-electron chi connectivity index (χ2n) is 20.6. The molecular weight excluding hydrogens is 961 g/mol. The van der Waals surface area contributed by atoms with Crippen molar-refractivity contribution < 1.29 is 57.4 Å². The molecule has 1 aromatic carbocycles. The lowest BCUT2D eigenvalue weighted by molar-refractivity contribution is -0.158. The molecule has 0 aromatic heterocycles. The molecule has 0 radical (unpaired) electrons. The summed E-state index contributed by atoms with van der Waals surface area (Å²) in [6.07, 6.45) is 5.48. The van der Waals surface area contributed by atoms with E-state index in [9.17, 15) is 47.9 Å². The van der Waals surface area contributed by atoms with Crippen molar-refractivity contribution in [3.8, 4) is 0 Å². The molecule has 2 atom stereocenters. The summed E-state index contributed by atoms with van der Waals surface area (Å²) in [4.78, 5) is 137.